The smallest absolute Gasteiger partial charge is 0.0232 e. The quantitative estimate of drug-likeness (QED) is 0.716. The monoisotopic (exact) mass is 194 g/mol. The lowest BCUT2D eigenvalue weighted by molar-refractivity contribution is 0.133. The summed E-state index contributed by atoms with van der Waals surface area (Å²) in [5.74, 6) is 2.13. The second-order valence-corrected chi connectivity index (χ2v) is 5.55. The summed E-state index contributed by atoms with van der Waals surface area (Å²) in [6, 6.07) is 1.76. The van der Waals surface area contributed by atoms with Crippen molar-refractivity contribution in [1.29, 1.82) is 0 Å². The molecule has 3 aliphatic rings. The van der Waals surface area contributed by atoms with Crippen LogP contribution < -0.4 is 5.32 Å². The first-order chi connectivity index (χ1) is 6.84. The van der Waals surface area contributed by atoms with E-state index in [1.807, 2.05) is 0 Å². The summed E-state index contributed by atoms with van der Waals surface area (Å²) in [5, 5.41) is 3.48. The van der Waals surface area contributed by atoms with Gasteiger partial charge in [0.2, 0.25) is 0 Å². The van der Waals surface area contributed by atoms with E-state index in [1.165, 1.54) is 45.2 Å². The average Bonchev–Trinajstić information content (AvgIpc) is 2.93. The first kappa shape index (κ1) is 9.17. The number of hydrogen-bond acceptors (Lipinski definition) is 2. The van der Waals surface area contributed by atoms with E-state index in [0.717, 1.165) is 23.9 Å². The molecular formula is C12H22N2. The minimum absolute atomic E-state index is 0.833. The lowest BCUT2D eigenvalue weighted by atomic mass is 9.93. The first-order valence-corrected chi connectivity index (χ1v) is 6.27. The summed E-state index contributed by atoms with van der Waals surface area (Å²) in [6.45, 7) is 2.46. The van der Waals surface area contributed by atoms with Crippen molar-refractivity contribution in [1.82, 2.24) is 10.2 Å². The van der Waals surface area contributed by atoms with Gasteiger partial charge in [0.25, 0.3) is 0 Å². The van der Waals surface area contributed by atoms with Crippen LogP contribution in [0.5, 0.6) is 0 Å². The molecule has 80 valence electrons. The van der Waals surface area contributed by atoms with Gasteiger partial charge in [0.1, 0.15) is 0 Å². The van der Waals surface area contributed by atoms with Gasteiger partial charge in [-0.15, -0.1) is 0 Å². The van der Waals surface area contributed by atoms with E-state index < -0.39 is 0 Å². The molecule has 1 aliphatic heterocycles. The summed E-state index contributed by atoms with van der Waals surface area (Å²) in [7, 11) is 2.36. The van der Waals surface area contributed by atoms with Crippen LogP contribution in [0.1, 0.15) is 32.1 Å². The topological polar surface area (TPSA) is 15.3 Å². The number of rotatable bonds is 2. The van der Waals surface area contributed by atoms with Crippen LogP contribution in [0, 0.1) is 11.8 Å². The largest absolute Gasteiger partial charge is 0.315 e. The Bertz CT molecular complexity index is 210. The fourth-order valence-electron chi connectivity index (χ4n) is 3.97. The molecule has 14 heavy (non-hydrogen) atoms. The molecule has 0 amide bonds. The van der Waals surface area contributed by atoms with Crippen LogP contribution in [0.15, 0.2) is 0 Å². The third-order valence-electron chi connectivity index (χ3n) is 4.83. The molecular weight excluding hydrogens is 172 g/mol. The van der Waals surface area contributed by atoms with Gasteiger partial charge >= 0.3 is 0 Å². The van der Waals surface area contributed by atoms with E-state index in [4.69, 9.17) is 0 Å². The van der Waals surface area contributed by atoms with Crippen molar-refractivity contribution in [3.63, 3.8) is 0 Å². The van der Waals surface area contributed by atoms with Crippen molar-refractivity contribution >= 4 is 0 Å². The van der Waals surface area contributed by atoms with Crippen LogP contribution in [0.4, 0.5) is 0 Å². The van der Waals surface area contributed by atoms with Gasteiger partial charge in [0, 0.05) is 18.6 Å². The van der Waals surface area contributed by atoms with Crippen molar-refractivity contribution in [3.8, 4) is 0 Å². The molecule has 2 nitrogen and oxygen atoms in total. The average molecular weight is 194 g/mol. The Balaban J connectivity index is 1.64. The predicted octanol–water partition coefficient (Wildman–Crippen LogP) is 1.47. The van der Waals surface area contributed by atoms with Crippen molar-refractivity contribution < 1.29 is 0 Å². The van der Waals surface area contributed by atoms with E-state index in [9.17, 15) is 0 Å². The van der Waals surface area contributed by atoms with Gasteiger partial charge in [-0.1, -0.05) is 6.42 Å². The molecule has 2 bridgehead atoms. The molecule has 1 heterocycles. The molecule has 0 spiro atoms. The maximum Gasteiger partial charge on any atom is 0.0232 e. The van der Waals surface area contributed by atoms with Crippen molar-refractivity contribution in [2.45, 2.75) is 44.2 Å². The fraction of sp³-hybridized carbons (Fsp3) is 1.00. The van der Waals surface area contributed by atoms with Crippen LogP contribution in [-0.4, -0.2) is 37.1 Å². The highest BCUT2D eigenvalue weighted by atomic mass is 15.2. The molecule has 2 heteroatoms. The summed E-state index contributed by atoms with van der Waals surface area (Å²) in [4.78, 5) is 2.70. The molecule has 2 aliphatic carbocycles. The maximum absolute atomic E-state index is 3.48. The number of nitrogens with zero attached hydrogens (tertiary/aromatic N) is 1. The third-order valence-corrected chi connectivity index (χ3v) is 4.83. The van der Waals surface area contributed by atoms with Crippen LogP contribution in [0.3, 0.4) is 0 Å². The summed E-state index contributed by atoms with van der Waals surface area (Å²) < 4.78 is 0. The van der Waals surface area contributed by atoms with Gasteiger partial charge < -0.3 is 5.32 Å². The van der Waals surface area contributed by atoms with Crippen LogP contribution in [0.2, 0.25) is 0 Å². The Hall–Kier alpha value is -0.0800. The van der Waals surface area contributed by atoms with E-state index in [1.54, 1.807) is 0 Å². The molecule has 0 radical (unpaired) electrons. The zero-order valence-electron chi connectivity index (χ0n) is 9.21. The lowest BCUT2D eigenvalue weighted by Crippen LogP contribution is -2.44. The highest BCUT2D eigenvalue weighted by molar-refractivity contribution is 4.97. The van der Waals surface area contributed by atoms with E-state index in [0.29, 0.717) is 0 Å². The molecule has 0 aromatic rings. The minimum atomic E-state index is 0.833. The molecule has 2 saturated carbocycles. The second kappa shape index (κ2) is 3.49. The summed E-state index contributed by atoms with van der Waals surface area (Å²) >= 11 is 0. The number of hydrogen-bond donors (Lipinski definition) is 1. The van der Waals surface area contributed by atoms with Crippen LogP contribution >= 0.6 is 0 Å². The zero-order chi connectivity index (χ0) is 9.54. The Labute approximate surface area is 87.0 Å². The number of likely N-dealkylation sites (N-methyl/N-ethyl adjacent to an activating group) is 1. The number of fused-ring (bicyclic) bond motifs is 2. The van der Waals surface area contributed by atoms with Gasteiger partial charge in [-0.05, 0) is 51.1 Å². The summed E-state index contributed by atoms with van der Waals surface area (Å²) in [5.41, 5.74) is 0. The third kappa shape index (κ3) is 1.40. The Morgan fingerprint density at radius 3 is 2.64 bits per heavy atom. The van der Waals surface area contributed by atoms with Crippen LogP contribution in [-0.2, 0) is 0 Å². The predicted molar refractivity (Wildman–Crippen MR) is 58.3 cm³/mol. The minimum Gasteiger partial charge on any atom is -0.315 e. The van der Waals surface area contributed by atoms with Gasteiger partial charge in [0.15, 0.2) is 0 Å². The highest BCUT2D eigenvalue weighted by Gasteiger charge is 2.42. The lowest BCUT2D eigenvalue weighted by Gasteiger charge is -2.35. The molecule has 1 N–H and O–H groups in total. The Morgan fingerprint density at radius 2 is 2.07 bits per heavy atom. The molecule has 0 aromatic heterocycles. The molecule has 3 rings (SSSR count). The van der Waals surface area contributed by atoms with Gasteiger partial charge in [0.05, 0.1) is 0 Å². The Kier molecular flexibility index (Phi) is 2.29. The van der Waals surface area contributed by atoms with E-state index in [2.05, 4.69) is 17.3 Å². The molecule has 1 saturated heterocycles. The normalized spacial score (nSPS) is 46.7. The number of nitrogens with one attached hydrogen (secondary N) is 1. The SMILES string of the molecule is CN(C1CCNC1)C1CC2CCC1C2. The standard InChI is InChI=1S/C12H22N2/c1-14(11-4-5-13-8-11)12-7-9-2-3-10(12)6-9/h9-13H,2-8H2,1H3. The highest BCUT2D eigenvalue weighted by Crippen LogP contribution is 2.46. The summed E-state index contributed by atoms with van der Waals surface area (Å²) in [6.07, 6.45) is 7.44. The van der Waals surface area contributed by atoms with Gasteiger partial charge in [-0.25, -0.2) is 0 Å². The molecule has 0 aromatic carbocycles. The fourth-order valence-corrected chi connectivity index (χ4v) is 3.97. The second-order valence-electron chi connectivity index (χ2n) is 5.55. The van der Waals surface area contributed by atoms with Gasteiger partial charge in [-0.3, -0.25) is 4.90 Å². The van der Waals surface area contributed by atoms with Crippen molar-refractivity contribution in [2.24, 2.45) is 11.8 Å². The molecule has 4 atom stereocenters. The zero-order valence-corrected chi connectivity index (χ0v) is 9.21. The van der Waals surface area contributed by atoms with Gasteiger partial charge in [-0.2, -0.15) is 0 Å². The molecule has 4 unspecified atom stereocenters. The van der Waals surface area contributed by atoms with E-state index in [-0.39, 0.29) is 0 Å². The van der Waals surface area contributed by atoms with Crippen molar-refractivity contribution in [2.75, 3.05) is 20.1 Å². The Morgan fingerprint density at radius 1 is 1.14 bits per heavy atom. The van der Waals surface area contributed by atoms with Crippen molar-refractivity contribution in [3.05, 3.63) is 0 Å². The van der Waals surface area contributed by atoms with Crippen LogP contribution in [0.25, 0.3) is 0 Å². The maximum atomic E-state index is 3.48. The first-order valence-electron chi connectivity index (χ1n) is 6.27. The van der Waals surface area contributed by atoms with E-state index >= 15 is 0 Å². The molecule has 3 fully saturated rings.